The Bertz CT molecular complexity index is 587. The van der Waals surface area contributed by atoms with Crippen LogP contribution in [0.1, 0.15) is 16.2 Å². The molecule has 2 rings (SSSR count). The van der Waals surface area contributed by atoms with E-state index in [9.17, 15) is 4.79 Å². The van der Waals surface area contributed by atoms with E-state index < -0.39 is 0 Å². The lowest BCUT2D eigenvalue weighted by Crippen LogP contribution is -2.21. The highest BCUT2D eigenvalue weighted by atomic mass is 35.5. The van der Waals surface area contributed by atoms with Crippen molar-refractivity contribution in [3.63, 3.8) is 0 Å². The molecular formula is C12H16ClN5O. The minimum absolute atomic E-state index is 0.207. The molecule has 7 heteroatoms. The summed E-state index contributed by atoms with van der Waals surface area (Å²) >= 11 is 6.06. The maximum Gasteiger partial charge on any atom is 0.232 e. The highest BCUT2D eigenvalue weighted by molar-refractivity contribution is 6.34. The molecule has 2 heterocycles. The largest absolute Gasteiger partial charge is 0.340 e. The third kappa shape index (κ3) is 3.02. The second-order valence-corrected chi connectivity index (χ2v) is 5.03. The molecule has 0 saturated carbocycles. The van der Waals surface area contributed by atoms with Crippen LogP contribution in [-0.4, -0.2) is 50.7 Å². The number of aromatic nitrogens is 4. The molecule has 0 aromatic carbocycles. The first-order valence-corrected chi connectivity index (χ1v) is 6.25. The molecule has 0 aliphatic rings. The number of carbonyl (C=O) groups is 1. The summed E-state index contributed by atoms with van der Waals surface area (Å²) in [5, 5.41) is 4.50. The van der Waals surface area contributed by atoms with Gasteiger partial charge in [0.1, 0.15) is 11.4 Å². The molecule has 0 aliphatic carbocycles. The van der Waals surface area contributed by atoms with Gasteiger partial charge in [0.2, 0.25) is 5.78 Å². The Labute approximate surface area is 116 Å². The predicted octanol–water partition coefficient (Wildman–Crippen LogP) is 1.06. The van der Waals surface area contributed by atoms with Gasteiger partial charge in [-0.2, -0.15) is 5.10 Å². The van der Waals surface area contributed by atoms with Crippen LogP contribution in [0.5, 0.6) is 0 Å². The Morgan fingerprint density at radius 2 is 2.21 bits per heavy atom. The van der Waals surface area contributed by atoms with E-state index in [-0.39, 0.29) is 5.78 Å². The van der Waals surface area contributed by atoms with Crippen LogP contribution in [0.4, 0.5) is 0 Å². The summed E-state index contributed by atoms with van der Waals surface area (Å²) in [6, 6.07) is 0. The highest BCUT2D eigenvalue weighted by Crippen LogP contribution is 2.18. The van der Waals surface area contributed by atoms with Crippen molar-refractivity contribution >= 4 is 17.4 Å². The van der Waals surface area contributed by atoms with Gasteiger partial charge in [0.15, 0.2) is 0 Å². The van der Waals surface area contributed by atoms with Crippen molar-refractivity contribution < 1.29 is 4.79 Å². The smallest absolute Gasteiger partial charge is 0.232 e. The number of carbonyl (C=O) groups excluding carboxylic acids is 1. The first-order chi connectivity index (χ1) is 8.99. The van der Waals surface area contributed by atoms with Crippen LogP contribution in [0.15, 0.2) is 18.7 Å². The van der Waals surface area contributed by atoms with Crippen molar-refractivity contribution in [3.8, 4) is 0 Å². The summed E-state index contributed by atoms with van der Waals surface area (Å²) in [6.07, 6.45) is 4.75. The molecule has 0 unspecified atom stereocenters. The van der Waals surface area contributed by atoms with Gasteiger partial charge in [0.25, 0.3) is 0 Å². The lowest BCUT2D eigenvalue weighted by molar-refractivity contribution is 0.102. The number of likely N-dealkylation sites (N-methyl/N-ethyl adjacent to an activating group) is 1. The molecule has 102 valence electrons. The van der Waals surface area contributed by atoms with E-state index in [4.69, 9.17) is 11.6 Å². The number of imidazole rings is 1. The van der Waals surface area contributed by atoms with Crippen molar-refractivity contribution in [1.82, 2.24) is 24.2 Å². The third-order valence-corrected chi connectivity index (χ3v) is 2.98. The Hall–Kier alpha value is -1.66. The second-order valence-electron chi connectivity index (χ2n) is 4.62. The number of rotatable bonds is 5. The zero-order valence-corrected chi connectivity index (χ0v) is 11.9. The lowest BCUT2D eigenvalue weighted by Gasteiger charge is -2.11. The predicted molar refractivity (Wildman–Crippen MR) is 72.4 cm³/mol. The topological polar surface area (TPSA) is 56.0 Å². The first kappa shape index (κ1) is 13.8. The lowest BCUT2D eigenvalue weighted by atomic mass is 10.2. The van der Waals surface area contributed by atoms with Crippen molar-refractivity contribution in [2.45, 2.75) is 6.54 Å². The molecule has 0 fully saturated rings. The van der Waals surface area contributed by atoms with Gasteiger partial charge in [-0.25, -0.2) is 4.98 Å². The van der Waals surface area contributed by atoms with Gasteiger partial charge in [-0.15, -0.1) is 0 Å². The summed E-state index contributed by atoms with van der Waals surface area (Å²) < 4.78 is 3.35. The van der Waals surface area contributed by atoms with Crippen LogP contribution in [0, 0.1) is 0 Å². The Kier molecular flexibility index (Phi) is 4.01. The van der Waals surface area contributed by atoms with E-state index in [0.29, 0.717) is 23.0 Å². The van der Waals surface area contributed by atoms with E-state index in [1.807, 2.05) is 26.0 Å². The monoisotopic (exact) mass is 281 g/mol. The van der Waals surface area contributed by atoms with Crippen molar-refractivity contribution in [3.05, 3.63) is 35.1 Å². The number of hydrogen-bond acceptors (Lipinski definition) is 4. The maximum absolute atomic E-state index is 12.4. The number of ketones is 1. The van der Waals surface area contributed by atoms with Gasteiger partial charge < -0.3 is 9.47 Å². The molecule has 2 aromatic rings. The highest BCUT2D eigenvalue weighted by Gasteiger charge is 2.20. The number of hydrogen-bond donors (Lipinski definition) is 0. The van der Waals surface area contributed by atoms with Crippen molar-refractivity contribution in [2.24, 2.45) is 7.05 Å². The fourth-order valence-corrected chi connectivity index (χ4v) is 1.93. The summed E-state index contributed by atoms with van der Waals surface area (Å²) in [5.41, 5.74) is 0.762. The summed E-state index contributed by atoms with van der Waals surface area (Å²) in [4.78, 5) is 18.4. The normalized spacial score (nSPS) is 11.2. The van der Waals surface area contributed by atoms with Crippen LogP contribution in [0.25, 0.3) is 0 Å². The molecule has 0 amide bonds. The number of nitrogens with zero attached hydrogens (tertiary/aromatic N) is 5. The van der Waals surface area contributed by atoms with Gasteiger partial charge in [-0.1, -0.05) is 11.6 Å². The molecule has 0 spiro atoms. The van der Waals surface area contributed by atoms with Gasteiger partial charge in [-0.05, 0) is 14.1 Å². The van der Waals surface area contributed by atoms with Crippen LogP contribution in [0.2, 0.25) is 5.02 Å². The Morgan fingerprint density at radius 3 is 2.79 bits per heavy atom. The molecule has 0 aliphatic heterocycles. The summed E-state index contributed by atoms with van der Waals surface area (Å²) in [7, 11) is 5.74. The standard InChI is InChI=1S/C12H16ClN5O/c1-16(2)4-5-18-11(9(13)6-15-18)12(19)10-7-17(3)8-14-10/h6-8H,4-5H2,1-3H3. The van der Waals surface area contributed by atoms with E-state index in [1.54, 1.807) is 21.8 Å². The summed E-state index contributed by atoms with van der Waals surface area (Å²) in [5.74, 6) is -0.207. The van der Waals surface area contributed by atoms with Crippen molar-refractivity contribution in [1.29, 1.82) is 0 Å². The third-order valence-electron chi connectivity index (χ3n) is 2.71. The van der Waals surface area contributed by atoms with Gasteiger partial charge in [0.05, 0.1) is 24.1 Å². The molecule has 6 nitrogen and oxygen atoms in total. The van der Waals surface area contributed by atoms with Crippen molar-refractivity contribution in [2.75, 3.05) is 20.6 Å². The van der Waals surface area contributed by atoms with Crippen LogP contribution in [0.3, 0.4) is 0 Å². The van der Waals surface area contributed by atoms with E-state index in [1.165, 1.54) is 6.20 Å². The number of halogens is 1. The Balaban J connectivity index is 2.28. The molecule has 0 atom stereocenters. The molecule has 0 saturated heterocycles. The van der Waals surface area contributed by atoms with Crippen LogP contribution in [-0.2, 0) is 13.6 Å². The minimum atomic E-state index is -0.207. The quantitative estimate of drug-likeness (QED) is 0.769. The van der Waals surface area contributed by atoms with Crippen LogP contribution < -0.4 is 0 Å². The first-order valence-electron chi connectivity index (χ1n) is 5.87. The average molecular weight is 282 g/mol. The van der Waals surface area contributed by atoms with E-state index >= 15 is 0 Å². The molecule has 0 bridgehead atoms. The zero-order valence-electron chi connectivity index (χ0n) is 11.2. The zero-order chi connectivity index (χ0) is 14.0. The molecule has 19 heavy (non-hydrogen) atoms. The fourth-order valence-electron chi connectivity index (χ4n) is 1.70. The molecular weight excluding hydrogens is 266 g/mol. The SMILES string of the molecule is CN(C)CCn1ncc(Cl)c1C(=O)c1cn(C)cn1. The number of aryl methyl sites for hydroxylation is 1. The van der Waals surface area contributed by atoms with Crippen LogP contribution >= 0.6 is 11.6 Å². The van der Waals surface area contributed by atoms with E-state index in [0.717, 1.165) is 6.54 Å². The minimum Gasteiger partial charge on any atom is -0.340 e. The van der Waals surface area contributed by atoms with Gasteiger partial charge in [-0.3, -0.25) is 9.48 Å². The average Bonchev–Trinajstić information content (AvgIpc) is 2.92. The molecule has 0 N–H and O–H groups in total. The van der Waals surface area contributed by atoms with Gasteiger partial charge in [0, 0.05) is 19.8 Å². The maximum atomic E-state index is 12.4. The van der Waals surface area contributed by atoms with E-state index in [2.05, 4.69) is 10.1 Å². The molecule has 2 aromatic heterocycles. The second kappa shape index (κ2) is 5.54. The summed E-state index contributed by atoms with van der Waals surface area (Å²) in [6.45, 7) is 1.38. The fraction of sp³-hybridized carbons (Fsp3) is 0.417. The Morgan fingerprint density at radius 1 is 1.47 bits per heavy atom. The molecule has 0 radical (unpaired) electrons. The van der Waals surface area contributed by atoms with Gasteiger partial charge >= 0.3 is 0 Å².